The number of benzene rings is 1. The molecule has 1 saturated carbocycles. The lowest BCUT2D eigenvalue weighted by Gasteiger charge is -2.29. The normalized spacial score (nSPS) is 22.6. The van der Waals surface area contributed by atoms with Gasteiger partial charge in [0.25, 0.3) is 0 Å². The van der Waals surface area contributed by atoms with Crippen molar-refractivity contribution in [1.82, 2.24) is 10.2 Å². The molecule has 1 aromatic carbocycles. The molecule has 0 aromatic heterocycles. The van der Waals surface area contributed by atoms with Gasteiger partial charge in [-0.1, -0.05) is 12.1 Å². The zero-order valence-corrected chi connectivity index (χ0v) is 13.7. The molecule has 1 aliphatic heterocycles. The molecule has 2 unspecified atom stereocenters. The highest BCUT2D eigenvalue weighted by atomic mass is 16.5. The lowest BCUT2D eigenvalue weighted by atomic mass is 9.94. The third-order valence-electron chi connectivity index (χ3n) is 4.90. The van der Waals surface area contributed by atoms with Crippen LogP contribution in [0.15, 0.2) is 24.3 Å². The summed E-state index contributed by atoms with van der Waals surface area (Å²) in [5, 5.41) is 3.19. The first kappa shape index (κ1) is 15.8. The summed E-state index contributed by atoms with van der Waals surface area (Å²) in [4.78, 5) is 26.1. The van der Waals surface area contributed by atoms with Crippen molar-refractivity contribution in [2.45, 2.75) is 31.7 Å². The number of methoxy groups -OCH3 is 1. The Morgan fingerprint density at radius 3 is 2.52 bits per heavy atom. The number of amides is 2. The molecule has 0 spiro atoms. The third kappa shape index (κ3) is 3.66. The van der Waals surface area contributed by atoms with Gasteiger partial charge in [-0.3, -0.25) is 9.59 Å². The largest absolute Gasteiger partial charge is 0.497 e. The van der Waals surface area contributed by atoms with Crippen LogP contribution in [0.2, 0.25) is 0 Å². The number of nitrogens with zero attached hydrogens (tertiary/aromatic N) is 1. The molecule has 5 nitrogen and oxygen atoms in total. The van der Waals surface area contributed by atoms with Crippen LogP contribution in [0, 0.1) is 11.8 Å². The number of piperidine rings is 1. The number of carbonyl (C=O) groups excluding carboxylic acids is 2. The lowest BCUT2D eigenvalue weighted by molar-refractivity contribution is -0.139. The summed E-state index contributed by atoms with van der Waals surface area (Å²) in [7, 11) is 3.44. The van der Waals surface area contributed by atoms with Crippen LogP contribution in [0.25, 0.3) is 0 Å². The van der Waals surface area contributed by atoms with Gasteiger partial charge in [0.1, 0.15) is 5.75 Å². The van der Waals surface area contributed by atoms with Crippen molar-refractivity contribution in [3.8, 4) is 5.75 Å². The molecular weight excluding hydrogens is 292 g/mol. The highest BCUT2D eigenvalue weighted by molar-refractivity contribution is 5.87. The molecule has 1 aliphatic carbocycles. The zero-order chi connectivity index (χ0) is 16.4. The first-order chi connectivity index (χ1) is 11.1. The summed E-state index contributed by atoms with van der Waals surface area (Å²) in [6.45, 7) is 0.660. The van der Waals surface area contributed by atoms with Gasteiger partial charge in [-0.25, -0.2) is 0 Å². The van der Waals surface area contributed by atoms with E-state index in [0.717, 1.165) is 30.6 Å². The molecule has 1 heterocycles. The fourth-order valence-electron chi connectivity index (χ4n) is 3.15. The molecule has 1 saturated heterocycles. The number of hydrogen-bond donors (Lipinski definition) is 1. The van der Waals surface area contributed by atoms with E-state index < -0.39 is 0 Å². The molecule has 124 valence electrons. The van der Waals surface area contributed by atoms with Crippen molar-refractivity contribution < 1.29 is 14.3 Å². The second-order valence-corrected chi connectivity index (χ2v) is 6.60. The third-order valence-corrected chi connectivity index (χ3v) is 4.90. The SMILES string of the molecule is COc1ccc(C(NC(=O)C2CCN(C)C(=O)C2)C2CC2)cc1. The van der Waals surface area contributed by atoms with Gasteiger partial charge in [0.2, 0.25) is 11.8 Å². The summed E-state index contributed by atoms with van der Waals surface area (Å²) in [5.74, 6) is 1.20. The minimum absolute atomic E-state index is 0.0131. The van der Waals surface area contributed by atoms with E-state index in [0.29, 0.717) is 18.9 Å². The molecule has 0 radical (unpaired) electrons. The van der Waals surface area contributed by atoms with E-state index in [2.05, 4.69) is 5.32 Å². The highest BCUT2D eigenvalue weighted by Crippen LogP contribution is 2.41. The minimum atomic E-state index is -0.196. The Morgan fingerprint density at radius 2 is 1.96 bits per heavy atom. The predicted molar refractivity (Wildman–Crippen MR) is 87.0 cm³/mol. The van der Waals surface area contributed by atoms with Crippen LogP contribution in [-0.2, 0) is 9.59 Å². The van der Waals surface area contributed by atoms with Crippen LogP contribution in [-0.4, -0.2) is 37.4 Å². The van der Waals surface area contributed by atoms with Gasteiger partial charge < -0.3 is 15.0 Å². The van der Waals surface area contributed by atoms with Gasteiger partial charge in [0.15, 0.2) is 0 Å². The van der Waals surface area contributed by atoms with Crippen molar-refractivity contribution in [1.29, 1.82) is 0 Å². The van der Waals surface area contributed by atoms with E-state index in [-0.39, 0.29) is 23.8 Å². The maximum absolute atomic E-state index is 12.6. The Labute approximate surface area is 137 Å². The molecule has 1 N–H and O–H groups in total. The Morgan fingerprint density at radius 1 is 1.26 bits per heavy atom. The molecule has 3 rings (SSSR count). The number of likely N-dealkylation sites (tertiary alicyclic amines) is 1. The van der Waals surface area contributed by atoms with E-state index in [4.69, 9.17) is 4.74 Å². The van der Waals surface area contributed by atoms with Gasteiger partial charge in [-0.05, 0) is 42.9 Å². The Hall–Kier alpha value is -2.04. The van der Waals surface area contributed by atoms with Crippen molar-refractivity contribution in [2.24, 2.45) is 11.8 Å². The molecule has 1 aromatic rings. The van der Waals surface area contributed by atoms with Crippen molar-refractivity contribution in [3.63, 3.8) is 0 Å². The number of carbonyl (C=O) groups is 2. The fourth-order valence-corrected chi connectivity index (χ4v) is 3.15. The standard InChI is InChI=1S/C18H24N2O3/c1-20-10-9-14(11-16(20)21)18(22)19-17(12-3-4-12)13-5-7-15(23-2)8-6-13/h5-8,12,14,17H,3-4,9-11H2,1-2H3,(H,19,22). The van der Waals surface area contributed by atoms with E-state index in [9.17, 15) is 9.59 Å². The van der Waals surface area contributed by atoms with Gasteiger partial charge in [0.05, 0.1) is 13.2 Å². The number of nitrogens with one attached hydrogen (secondary N) is 1. The van der Waals surface area contributed by atoms with Crippen LogP contribution in [0.3, 0.4) is 0 Å². The van der Waals surface area contributed by atoms with Crippen LogP contribution in [0.5, 0.6) is 5.75 Å². The summed E-state index contributed by atoms with van der Waals surface area (Å²) < 4.78 is 5.19. The Bertz CT molecular complexity index is 580. The second kappa shape index (κ2) is 6.60. The molecule has 2 atom stereocenters. The molecule has 0 bridgehead atoms. The highest BCUT2D eigenvalue weighted by Gasteiger charge is 2.36. The molecule has 5 heteroatoms. The Balaban J connectivity index is 1.67. The molecule has 2 aliphatic rings. The maximum atomic E-state index is 12.6. The van der Waals surface area contributed by atoms with Crippen LogP contribution in [0.4, 0.5) is 0 Å². The summed E-state index contributed by atoms with van der Waals surface area (Å²) >= 11 is 0. The average Bonchev–Trinajstić information content (AvgIpc) is 3.40. The van der Waals surface area contributed by atoms with Crippen molar-refractivity contribution in [3.05, 3.63) is 29.8 Å². The van der Waals surface area contributed by atoms with E-state index in [1.54, 1.807) is 19.1 Å². The van der Waals surface area contributed by atoms with E-state index in [1.165, 1.54) is 0 Å². The topological polar surface area (TPSA) is 58.6 Å². The smallest absolute Gasteiger partial charge is 0.224 e. The summed E-state index contributed by atoms with van der Waals surface area (Å²) in [6, 6.07) is 7.93. The predicted octanol–water partition coefficient (Wildman–Crippen LogP) is 2.13. The van der Waals surface area contributed by atoms with Gasteiger partial charge in [-0.2, -0.15) is 0 Å². The van der Waals surface area contributed by atoms with Crippen LogP contribution in [0.1, 0.15) is 37.3 Å². The van der Waals surface area contributed by atoms with Crippen molar-refractivity contribution in [2.75, 3.05) is 20.7 Å². The summed E-state index contributed by atoms with van der Waals surface area (Å²) in [5.41, 5.74) is 1.11. The molecule has 2 fully saturated rings. The van der Waals surface area contributed by atoms with E-state index >= 15 is 0 Å². The number of ether oxygens (including phenoxy) is 1. The van der Waals surface area contributed by atoms with Gasteiger partial charge in [0, 0.05) is 25.9 Å². The minimum Gasteiger partial charge on any atom is -0.497 e. The van der Waals surface area contributed by atoms with Gasteiger partial charge >= 0.3 is 0 Å². The first-order valence-electron chi connectivity index (χ1n) is 8.26. The second-order valence-electron chi connectivity index (χ2n) is 6.60. The van der Waals surface area contributed by atoms with E-state index in [1.807, 2.05) is 24.3 Å². The summed E-state index contributed by atoms with van der Waals surface area (Å²) in [6.07, 6.45) is 3.35. The maximum Gasteiger partial charge on any atom is 0.224 e. The average molecular weight is 316 g/mol. The number of rotatable bonds is 5. The fraction of sp³-hybridized carbons (Fsp3) is 0.556. The van der Waals surface area contributed by atoms with Crippen LogP contribution >= 0.6 is 0 Å². The first-order valence-corrected chi connectivity index (χ1v) is 8.26. The Kier molecular flexibility index (Phi) is 4.55. The lowest BCUT2D eigenvalue weighted by Crippen LogP contribution is -2.43. The molecular formula is C18H24N2O3. The van der Waals surface area contributed by atoms with Gasteiger partial charge in [-0.15, -0.1) is 0 Å². The monoisotopic (exact) mass is 316 g/mol. The zero-order valence-electron chi connectivity index (χ0n) is 13.7. The quantitative estimate of drug-likeness (QED) is 0.905. The van der Waals surface area contributed by atoms with Crippen molar-refractivity contribution >= 4 is 11.8 Å². The molecule has 23 heavy (non-hydrogen) atoms. The van der Waals surface area contributed by atoms with Crippen LogP contribution < -0.4 is 10.1 Å². The number of hydrogen-bond acceptors (Lipinski definition) is 3. The molecule has 2 amide bonds.